The number of carboxylic acids is 1. The number of likely N-dealkylation sites (N-methyl/N-ethyl adjacent to an activating group) is 1. The maximum absolute atomic E-state index is 13.3. The predicted octanol–water partition coefficient (Wildman–Crippen LogP) is 3.47. The summed E-state index contributed by atoms with van der Waals surface area (Å²) in [6, 6.07) is 15.9. The van der Waals surface area contributed by atoms with Crippen molar-refractivity contribution in [2.45, 2.75) is 32.9 Å². The Bertz CT molecular complexity index is 1500. The van der Waals surface area contributed by atoms with Gasteiger partial charge in [-0.25, -0.2) is 0 Å². The Balaban J connectivity index is 1.44. The molecule has 3 aromatic rings. The van der Waals surface area contributed by atoms with Crippen LogP contribution in [0.2, 0.25) is 0 Å². The fraction of sp³-hybridized carbons (Fsp3) is 0.290. The van der Waals surface area contributed by atoms with E-state index in [1.807, 2.05) is 32.0 Å². The fourth-order valence-electron chi connectivity index (χ4n) is 3.92. The average Bonchev–Trinajstić information content (AvgIpc) is 3.07. The summed E-state index contributed by atoms with van der Waals surface area (Å²) < 4.78 is 11.7. The predicted molar refractivity (Wildman–Crippen MR) is 153 cm³/mol. The van der Waals surface area contributed by atoms with Crippen LogP contribution in [0.4, 0.5) is 5.69 Å². The Labute approximate surface area is 238 Å². The van der Waals surface area contributed by atoms with Crippen LogP contribution in [0.15, 0.2) is 66.9 Å². The number of aromatic nitrogens is 1. The number of nitrogens with one attached hydrogen (secondary N) is 2. The largest absolute Gasteiger partial charge is 0.489 e. The molecular weight excluding hydrogens is 524 g/mol. The van der Waals surface area contributed by atoms with Gasteiger partial charge in [-0.2, -0.15) is 0 Å². The molecule has 2 amide bonds. The second-order valence-corrected chi connectivity index (χ2v) is 10.3. The summed E-state index contributed by atoms with van der Waals surface area (Å²) in [5.74, 6) is 6.00. The van der Waals surface area contributed by atoms with Crippen LogP contribution in [0.1, 0.15) is 36.8 Å². The molecule has 4 rings (SSSR count). The number of hydrogen-bond acceptors (Lipinski definition) is 7. The number of hydrogen-bond donors (Lipinski definition) is 3. The van der Waals surface area contributed by atoms with Crippen molar-refractivity contribution in [1.82, 2.24) is 15.6 Å². The second kappa shape index (κ2) is 12.5. The highest BCUT2D eigenvalue weighted by Gasteiger charge is 2.31. The Hall–Kier alpha value is -4.88. The first-order valence-corrected chi connectivity index (χ1v) is 13.1. The third kappa shape index (κ3) is 7.62. The van der Waals surface area contributed by atoms with E-state index < -0.39 is 29.4 Å². The third-order valence-electron chi connectivity index (χ3n) is 6.37. The van der Waals surface area contributed by atoms with Gasteiger partial charge < -0.3 is 30.1 Å². The number of benzene rings is 2. The SMILES string of the molecule is C[C@H](NCC(C)(C)C#Cc1ccc2c(c1)N(C)C(=O)[C@@H](NC(=O)c1cc(Oc3ccccc3)ccn1)CO2)C(=O)O. The van der Waals surface area contributed by atoms with Gasteiger partial charge in [0, 0.05) is 36.8 Å². The lowest BCUT2D eigenvalue weighted by Crippen LogP contribution is -2.49. The monoisotopic (exact) mass is 556 g/mol. The lowest BCUT2D eigenvalue weighted by Gasteiger charge is -2.21. The van der Waals surface area contributed by atoms with E-state index in [9.17, 15) is 14.4 Å². The van der Waals surface area contributed by atoms with Gasteiger partial charge in [0.2, 0.25) is 0 Å². The number of aliphatic carboxylic acids is 1. The highest BCUT2D eigenvalue weighted by Crippen LogP contribution is 2.32. The summed E-state index contributed by atoms with van der Waals surface area (Å²) in [6.07, 6.45) is 1.47. The molecule has 0 fully saturated rings. The number of nitrogens with zero attached hydrogens (tertiary/aromatic N) is 2. The molecule has 2 heterocycles. The van der Waals surface area contributed by atoms with Gasteiger partial charge in [0.15, 0.2) is 0 Å². The Morgan fingerprint density at radius 1 is 1.17 bits per heavy atom. The topological polar surface area (TPSA) is 130 Å². The minimum absolute atomic E-state index is 0.0619. The van der Waals surface area contributed by atoms with Gasteiger partial charge in [-0.05, 0) is 57.2 Å². The van der Waals surface area contributed by atoms with Crippen molar-refractivity contribution in [2.75, 3.05) is 25.1 Å². The van der Waals surface area contributed by atoms with Gasteiger partial charge in [-0.15, -0.1) is 0 Å². The number of fused-ring (bicyclic) bond motifs is 1. The lowest BCUT2D eigenvalue weighted by atomic mass is 9.93. The summed E-state index contributed by atoms with van der Waals surface area (Å²) in [5.41, 5.74) is 0.781. The molecule has 41 heavy (non-hydrogen) atoms. The third-order valence-corrected chi connectivity index (χ3v) is 6.37. The molecule has 0 aliphatic carbocycles. The van der Waals surface area contributed by atoms with Crippen LogP contribution >= 0.6 is 0 Å². The quantitative estimate of drug-likeness (QED) is 0.360. The average molecular weight is 557 g/mol. The normalized spacial score (nSPS) is 15.4. The van der Waals surface area contributed by atoms with Crippen molar-refractivity contribution >= 4 is 23.5 Å². The van der Waals surface area contributed by atoms with Crippen molar-refractivity contribution in [2.24, 2.45) is 5.41 Å². The summed E-state index contributed by atoms with van der Waals surface area (Å²) in [5, 5.41) is 14.8. The number of pyridine rings is 1. The van der Waals surface area contributed by atoms with E-state index in [0.717, 1.165) is 0 Å². The molecule has 0 saturated carbocycles. The van der Waals surface area contributed by atoms with Crippen LogP contribution in [0.25, 0.3) is 0 Å². The number of carbonyl (C=O) groups is 3. The molecule has 10 heteroatoms. The second-order valence-electron chi connectivity index (χ2n) is 10.3. The summed E-state index contributed by atoms with van der Waals surface area (Å²) in [4.78, 5) is 43.0. The molecule has 1 aromatic heterocycles. The molecule has 0 spiro atoms. The molecule has 0 unspecified atom stereocenters. The number of rotatable bonds is 8. The Morgan fingerprint density at radius 2 is 1.93 bits per heavy atom. The van der Waals surface area contributed by atoms with Gasteiger partial charge in [0.25, 0.3) is 11.8 Å². The van der Waals surface area contributed by atoms with Crippen LogP contribution < -0.4 is 25.0 Å². The van der Waals surface area contributed by atoms with E-state index in [4.69, 9.17) is 14.6 Å². The number of ether oxygens (including phenoxy) is 2. The van der Waals surface area contributed by atoms with E-state index in [0.29, 0.717) is 35.0 Å². The molecule has 212 valence electrons. The number of anilines is 1. The van der Waals surface area contributed by atoms with Gasteiger partial charge in [-0.1, -0.05) is 30.0 Å². The summed E-state index contributed by atoms with van der Waals surface area (Å²) in [6.45, 7) is 5.73. The van der Waals surface area contributed by atoms with Gasteiger partial charge in [-0.3, -0.25) is 19.4 Å². The van der Waals surface area contributed by atoms with Crippen LogP contribution in [0.5, 0.6) is 17.2 Å². The Morgan fingerprint density at radius 3 is 2.66 bits per heavy atom. The van der Waals surface area contributed by atoms with E-state index >= 15 is 0 Å². The van der Waals surface area contributed by atoms with Gasteiger partial charge in [0.05, 0.1) is 5.69 Å². The molecule has 2 atom stereocenters. The maximum Gasteiger partial charge on any atom is 0.320 e. The molecule has 10 nitrogen and oxygen atoms in total. The lowest BCUT2D eigenvalue weighted by molar-refractivity contribution is -0.139. The van der Waals surface area contributed by atoms with Gasteiger partial charge >= 0.3 is 5.97 Å². The molecule has 0 bridgehead atoms. The standard InChI is InChI=1S/C31H32N4O6/c1-20(30(38)39)33-19-31(2,3)14-12-21-10-11-27-26(16-21)35(4)29(37)25(18-40-27)34-28(36)24-17-23(13-15-32-24)41-22-8-6-5-7-9-22/h5-11,13,15-17,20,25,33H,18-19H2,1-4H3,(H,34,36)(H,38,39)/t20-,25-/m0/s1. The molecule has 0 saturated heterocycles. The Kier molecular flexibility index (Phi) is 8.90. The number of para-hydroxylation sites is 1. The first-order valence-electron chi connectivity index (χ1n) is 13.1. The van der Waals surface area contributed by atoms with Crippen molar-refractivity contribution in [3.8, 4) is 29.1 Å². The molecule has 3 N–H and O–H groups in total. The fourth-order valence-corrected chi connectivity index (χ4v) is 3.92. The maximum atomic E-state index is 13.3. The van der Waals surface area contributed by atoms with Crippen molar-refractivity contribution in [1.29, 1.82) is 0 Å². The first kappa shape index (κ1) is 29.1. The van der Waals surface area contributed by atoms with E-state index in [1.54, 1.807) is 50.4 Å². The van der Waals surface area contributed by atoms with Crippen LogP contribution in [-0.4, -0.2) is 60.2 Å². The zero-order chi connectivity index (χ0) is 29.6. The molecule has 1 aliphatic heterocycles. The van der Waals surface area contributed by atoms with E-state index in [1.165, 1.54) is 17.2 Å². The van der Waals surface area contributed by atoms with Crippen LogP contribution in [0.3, 0.4) is 0 Å². The van der Waals surface area contributed by atoms with Crippen LogP contribution in [-0.2, 0) is 9.59 Å². The molecule has 0 radical (unpaired) electrons. The molecule has 1 aliphatic rings. The number of carboxylic acid groups (broad SMARTS) is 1. The van der Waals surface area contributed by atoms with Crippen molar-refractivity contribution in [3.05, 3.63) is 78.1 Å². The van der Waals surface area contributed by atoms with Gasteiger partial charge in [0.1, 0.15) is 41.6 Å². The minimum atomic E-state index is -0.948. The zero-order valence-electron chi connectivity index (χ0n) is 23.3. The highest BCUT2D eigenvalue weighted by molar-refractivity contribution is 6.03. The summed E-state index contributed by atoms with van der Waals surface area (Å²) >= 11 is 0. The van der Waals surface area contributed by atoms with Crippen molar-refractivity contribution < 1.29 is 29.0 Å². The molecule has 2 aromatic carbocycles. The molecular formula is C31H32N4O6. The minimum Gasteiger partial charge on any atom is -0.489 e. The summed E-state index contributed by atoms with van der Waals surface area (Å²) in [7, 11) is 1.61. The van der Waals surface area contributed by atoms with Crippen molar-refractivity contribution in [3.63, 3.8) is 0 Å². The number of carbonyl (C=O) groups excluding carboxylic acids is 2. The van der Waals surface area contributed by atoms with E-state index in [-0.39, 0.29) is 18.2 Å². The van der Waals surface area contributed by atoms with Crippen LogP contribution in [0, 0.1) is 17.3 Å². The first-order chi connectivity index (χ1) is 19.5. The van der Waals surface area contributed by atoms with E-state index in [2.05, 4.69) is 27.5 Å². The highest BCUT2D eigenvalue weighted by atomic mass is 16.5. The smallest absolute Gasteiger partial charge is 0.320 e. The number of amides is 2. The zero-order valence-corrected chi connectivity index (χ0v) is 23.3.